The van der Waals surface area contributed by atoms with Crippen molar-refractivity contribution in [3.05, 3.63) is 0 Å². The van der Waals surface area contributed by atoms with Gasteiger partial charge in [-0.05, 0) is 42.9 Å². The maximum Gasteiger partial charge on any atom is -0.0355 e. The van der Waals surface area contributed by atoms with Gasteiger partial charge in [0.15, 0.2) is 0 Å². The summed E-state index contributed by atoms with van der Waals surface area (Å²) in [5.74, 6) is 4.66. The normalized spacial score (nSPS) is 48.0. The van der Waals surface area contributed by atoms with Crippen LogP contribution < -0.4 is 0 Å². The predicted molar refractivity (Wildman–Crippen MR) is 60.1 cm³/mol. The standard InChI is InChI=1S/C14H24/c1-2-6-11-10-12(7-3-1)14-9-5-4-8-13(11)14/h11-14H,1-10H2. The van der Waals surface area contributed by atoms with Gasteiger partial charge in [0.2, 0.25) is 0 Å². The molecular formula is C14H24. The predicted octanol–water partition coefficient (Wildman–Crippen LogP) is 4.39. The Labute approximate surface area is 88.5 Å². The fraction of sp³-hybridized carbons (Fsp3) is 1.00. The lowest BCUT2D eigenvalue weighted by Crippen LogP contribution is -2.21. The highest BCUT2D eigenvalue weighted by atomic mass is 14.5. The van der Waals surface area contributed by atoms with Gasteiger partial charge in [-0.3, -0.25) is 0 Å². The molecule has 0 N–H and O–H groups in total. The van der Waals surface area contributed by atoms with Crippen LogP contribution in [0.3, 0.4) is 0 Å². The molecule has 4 atom stereocenters. The van der Waals surface area contributed by atoms with Crippen molar-refractivity contribution in [2.24, 2.45) is 23.7 Å². The fourth-order valence-electron chi connectivity index (χ4n) is 4.75. The van der Waals surface area contributed by atoms with Gasteiger partial charge in [-0.1, -0.05) is 44.9 Å². The van der Waals surface area contributed by atoms with E-state index < -0.39 is 0 Å². The maximum atomic E-state index is 1.62. The Kier molecular flexibility index (Phi) is 2.55. The summed E-state index contributed by atoms with van der Waals surface area (Å²) >= 11 is 0. The van der Waals surface area contributed by atoms with E-state index in [9.17, 15) is 0 Å². The summed E-state index contributed by atoms with van der Waals surface area (Å²) in [4.78, 5) is 0. The molecule has 0 nitrogen and oxygen atoms in total. The second-order valence-electron chi connectivity index (χ2n) is 6.01. The molecule has 0 spiro atoms. The molecule has 3 fully saturated rings. The Morgan fingerprint density at radius 1 is 0.500 bits per heavy atom. The first-order chi connectivity index (χ1) is 6.95. The molecule has 0 heterocycles. The number of fused-ring (bicyclic) bond motifs is 5. The zero-order chi connectivity index (χ0) is 9.38. The van der Waals surface area contributed by atoms with Crippen LogP contribution in [0.15, 0.2) is 0 Å². The molecule has 80 valence electrons. The molecule has 3 rings (SSSR count). The summed E-state index contributed by atoms with van der Waals surface area (Å²) in [5, 5.41) is 0. The van der Waals surface area contributed by atoms with E-state index in [0.29, 0.717) is 0 Å². The Morgan fingerprint density at radius 3 is 1.57 bits per heavy atom. The summed E-state index contributed by atoms with van der Waals surface area (Å²) in [7, 11) is 0. The highest BCUT2D eigenvalue weighted by Gasteiger charge is 2.43. The van der Waals surface area contributed by atoms with E-state index in [4.69, 9.17) is 0 Å². The van der Waals surface area contributed by atoms with Gasteiger partial charge < -0.3 is 0 Å². The van der Waals surface area contributed by atoms with Gasteiger partial charge in [0.05, 0.1) is 0 Å². The van der Waals surface area contributed by atoms with E-state index in [1.807, 2.05) is 0 Å². The minimum absolute atomic E-state index is 1.16. The summed E-state index contributed by atoms with van der Waals surface area (Å²) in [6.07, 6.45) is 15.7. The SMILES string of the molecule is C1CCC2CC(CC1)C1CCCCC21. The highest BCUT2D eigenvalue weighted by Crippen LogP contribution is 2.53. The Bertz CT molecular complexity index is 176. The van der Waals surface area contributed by atoms with E-state index in [0.717, 1.165) is 11.8 Å². The molecule has 0 saturated heterocycles. The average Bonchev–Trinajstić information content (AvgIpc) is 2.54. The molecule has 14 heavy (non-hydrogen) atoms. The van der Waals surface area contributed by atoms with Crippen LogP contribution in [0.5, 0.6) is 0 Å². The van der Waals surface area contributed by atoms with Crippen molar-refractivity contribution in [3.8, 4) is 0 Å². The minimum Gasteiger partial charge on any atom is -0.0533 e. The average molecular weight is 192 g/mol. The third kappa shape index (κ3) is 1.51. The van der Waals surface area contributed by atoms with Gasteiger partial charge in [-0.15, -0.1) is 0 Å². The fourth-order valence-corrected chi connectivity index (χ4v) is 4.75. The first kappa shape index (κ1) is 9.24. The summed E-state index contributed by atoms with van der Waals surface area (Å²) in [6, 6.07) is 0. The van der Waals surface area contributed by atoms with Crippen LogP contribution in [-0.2, 0) is 0 Å². The van der Waals surface area contributed by atoms with Crippen LogP contribution in [0.1, 0.15) is 64.2 Å². The van der Waals surface area contributed by atoms with E-state index in [1.54, 1.807) is 57.8 Å². The van der Waals surface area contributed by atoms with E-state index in [2.05, 4.69) is 0 Å². The zero-order valence-corrected chi connectivity index (χ0v) is 9.38. The molecule has 0 radical (unpaired) electrons. The van der Waals surface area contributed by atoms with Crippen LogP contribution >= 0.6 is 0 Å². The smallest absolute Gasteiger partial charge is 0.0355 e. The lowest BCUT2D eigenvalue weighted by atomic mass is 9.75. The molecule has 0 aromatic heterocycles. The van der Waals surface area contributed by atoms with Crippen molar-refractivity contribution in [2.45, 2.75) is 64.2 Å². The molecule has 3 saturated carbocycles. The van der Waals surface area contributed by atoms with Gasteiger partial charge >= 0.3 is 0 Å². The molecule has 0 aromatic rings. The topological polar surface area (TPSA) is 0 Å². The molecule has 3 aliphatic carbocycles. The summed E-state index contributed by atoms with van der Waals surface area (Å²) in [5.41, 5.74) is 0. The third-order valence-electron chi connectivity index (χ3n) is 5.34. The van der Waals surface area contributed by atoms with Crippen molar-refractivity contribution in [2.75, 3.05) is 0 Å². The Balaban J connectivity index is 1.77. The van der Waals surface area contributed by atoms with Gasteiger partial charge in [0, 0.05) is 0 Å². The largest absolute Gasteiger partial charge is 0.0533 e. The van der Waals surface area contributed by atoms with E-state index in [1.165, 1.54) is 18.3 Å². The van der Waals surface area contributed by atoms with Gasteiger partial charge in [-0.25, -0.2) is 0 Å². The lowest BCUT2D eigenvalue weighted by Gasteiger charge is -2.30. The quantitative estimate of drug-likeness (QED) is 0.534. The molecule has 0 aliphatic heterocycles. The van der Waals surface area contributed by atoms with Gasteiger partial charge in [0.25, 0.3) is 0 Å². The lowest BCUT2D eigenvalue weighted by molar-refractivity contribution is 0.198. The third-order valence-corrected chi connectivity index (χ3v) is 5.34. The van der Waals surface area contributed by atoms with Crippen molar-refractivity contribution in [3.63, 3.8) is 0 Å². The van der Waals surface area contributed by atoms with Gasteiger partial charge in [-0.2, -0.15) is 0 Å². The first-order valence-electron chi connectivity index (χ1n) is 6.95. The molecular weight excluding hydrogens is 168 g/mol. The van der Waals surface area contributed by atoms with Crippen molar-refractivity contribution in [1.29, 1.82) is 0 Å². The molecule has 0 aromatic carbocycles. The molecule has 2 bridgehead atoms. The number of rotatable bonds is 0. The highest BCUT2D eigenvalue weighted by molar-refractivity contribution is 4.93. The second-order valence-corrected chi connectivity index (χ2v) is 6.01. The van der Waals surface area contributed by atoms with E-state index in [-0.39, 0.29) is 0 Å². The maximum absolute atomic E-state index is 1.62. The van der Waals surface area contributed by atoms with Gasteiger partial charge in [0.1, 0.15) is 0 Å². The second kappa shape index (κ2) is 3.87. The molecule has 0 heteroatoms. The van der Waals surface area contributed by atoms with Crippen molar-refractivity contribution in [1.82, 2.24) is 0 Å². The number of hydrogen-bond acceptors (Lipinski definition) is 0. The number of hydrogen-bond donors (Lipinski definition) is 0. The van der Waals surface area contributed by atoms with E-state index >= 15 is 0 Å². The van der Waals surface area contributed by atoms with Crippen molar-refractivity contribution < 1.29 is 0 Å². The van der Waals surface area contributed by atoms with Crippen LogP contribution in [-0.4, -0.2) is 0 Å². The molecule has 3 aliphatic rings. The Hall–Kier alpha value is 0. The van der Waals surface area contributed by atoms with Crippen LogP contribution in [0.2, 0.25) is 0 Å². The minimum atomic E-state index is 1.16. The molecule has 4 unspecified atom stereocenters. The summed E-state index contributed by atoms with van der Waals surface area (Å²) in [6.45, 7) is 0. The van der Waals surface area contributed by atoms with Crippen molar-refractivity contribution >= 4 is 0 Å². The molecule has 0 amide bonds. The first-order valence-corrected chi connectivity index (χ1v) is 6.95. The van der Waals surface area contributed by atoms with Crippen LogP contribution in [0.4, 0.5) is 0 Å². The van der Waals surface area contributed by atoms with Crippen LogP contribution in [0, 0.1) is 23.7 Å². The van der Waals surface area contributed by atoms with Crippen LogP contribution in [0.25, 0.3) is 0 Å². The summed E-state index contributed by atoms with van der Waals surface area (Å²) < 4.78 is 0. The Morgan fingerprint density at radius 2 is 1.00 bits per heavy atom. The monoisotopic (exact) mass is 192 g/mol. The zero-order valence-electron chi connectivity index (χ0n) is 9.38.